The van der Waals surface area contributed by atoms with Gasteiger partial charge in [-0.05, 0) is 17.2 Å². The van der Waals surface area contributed by atoms with Crippen molar-refractivity contribution in [3.8, 4) is 0 Å². The lowest BCUT2D eigenvalue weighted by molar-refractivity contribution is -0.142. The number of carboxylic acid groups (broad SMARTS) is 1. The third-order valence-corrected chi connectivity index (χ3v) is 4.08. The maximum atomic E-state index is 12.0. The highest BCUT2D eigenvalue weighted by Gasteiger charge is 2.21. The Morgan fingerprint density at radius 2 is 1.81 bits per heavy atom. The van der Waals surface area contributed by atoms with Gasteiger partial charge in [-0.15, -0.1) is 0 Å². The summed E-state index contributed by atoms with van der Waals surface area (Å²) in [5, 5.41) is 12.9. The molecule has 0 saturated heterocycles. The monoisotopic (exact) mass is 352 g/mol. The summed E-state index contributed by atoms with van der Waals surface area (Å²) in [5.41, 5.74) is 2.73. The molecule has 0 radical (unpaired) electrons. The zero-order chi connectivity index (χ0) is 18.4. The van der Waals surface area contributed by atoms with Crippen LogP contribution in [-0.4, -0.2) is 34.6 Å². The van der Waals surface area contributed by atoms with E-state index in [9.17, 15) is 14.7 Å². The molecule has 0 aliphatic heterocycles. The molecule has 26 heavy (non-hydrogen) atoms. The minimum Gasteiger partial charge on any atom is -0.480 e. The van der Waals surface area contributed by atoms with Crippen LogP contribution in [0.2, 0.25) is 0 Å². The van der Waals surface area contributed by atoms with E-state index < -0.39 is 17.9 Å². The van der Waals surface area contributed by atoms with Crippen LogP contribution in [0.1, 0.15) is 11.1 Å². The van der Waals surface area contributed by atoms with Crippen LogP contribution in [0.4, 0.5) is 0 Å². The number of carbonyl (C=O) groups excluding carboxylic acids is 1. The van der Waals surface area contributed by atoms with Crippen LogP contribution in [0.3, 0.4) is 0 Å². The van der Waals surface area contributed by atoms with E-state index in [0.717, 1.165) is 22.0 Å². The molecule has 0 unspecified atom stereocenters. The Morgan fingerprint density at radius 1 is 1.08 bits per heavy atom. The molecule has 3 N–H and O–H groups in total. The maximum Gasteiger partial charge on any atom is 0.326 e. The number of nitrogens with one attached hydrogen (secondary N) is 2. The van der Waals surface area contributed by atoms with Crippen molar-refractivity contribution in [3.63, 3.8) is 0 Å². The highest BCUT2D eigenvalue weighted by atomic mass is 16.5. The number of amides is 1. The number of rotatable bonds is 8. The van der Waals surface area contributed by atoms with Crippen LogP contribution in [0.25, 0.3) is 10.9 Å². The molecule has 0 spiro atoms. The molecular formula is C20H20N2O4. The van der Waals surface area contributed by atoms with Gasteiger partial charge < -0.3 is 20.1 Å². The molecule has 2 aromatic carbocycles. The fraction of sp³-hybridized carbons (Fsp3) is 0.200. The molecule has 3 rings (SSSR count). The minimum atomic E-state index is -1.08. The van der Waals surface area contributed by atoms with Crippen LogP contribution >= 0.6 is 0 Å². The average molecular weight is 352 g/mol. The standard InChI is InChI=1S/C20H20N2O4/c23-19(13-26-12-14-6-2-1-3-7-14)22-18(20(24)25)10-15-11-21-17-9-5-4-8-16(15)17/h1-9,11,18,21H,10,12-13H2,(H,22,23)(H,24,25)/t18-/m0/s1. The van der Waals surface area contributed by atoms with Crippen LogP contribution < -0.4 is 5.32 Å². The lowest BCUT2D eigenvalue weighted by Gasteiger charge is -2.14. The Kier molecular flexibility index (Phi) is 5.66. The molecular weight excluding hydrogens is 332 g/mol. The van der Waals surface area contributed by atoms with E-state index in [1.807, 2.05) is 54.6 Å². The van der Waals surface area contributed by atoms with Gasteiger partial charge in [0, 0.05) is 23.5 Å². The molecule has 1 heterocycles. The molecule has 6 nitrogen and oxygen atoms in total. The number of ether oxygens (including phenoxy) is 1. The molecule has 1 amide bonds. The Bertz CT molecular complexity index is 889. The van der Waals surface area contributed by atoms with Crippen molar-refractivity contribution in [3.05, 3.63) is 71.9 Å². The second kappa shape index (κ2) is 8.31. The Morgan fingerprint density at radius 3 is 2.58 bits per heavy atom. The zero-order valence-electron chi connectivity index (χ0n) is 14.1. The van der Waals surface area contributed by atoms with Crippen LogP contribution in [0.5, 0.6) is 0 Å². The molecule has 0 saturated carbocycles. The number of hydrogen-bond acceptors (Lipinski definition) is 3. The summed E-state index contributed by atoms with van der Waals surface area (Å²) >= 11 is 0. The van der Waals surface area contributed by atoms with Crippen molar-refractivity contribution in [1.29, 1.82) is 0 Å². The summed E-state index contributed by atoms with van der Waals surface area (Å²) in [4.78, 5) is 26.7. The molecule has 1 atom stereocenters. The van der Waals surface area contributed by atoms with Gasteiger partial charge in [-0.25, -0.2) is 4.79 Å². The topological polar surface area (TPSA) is 91.4 Å². The van der Waals surface area contributed by atoms with Crippen molar-refractivity contribution in [1.82, 2.24) is 10.3 Å². The summed E-state index contributed by atoms with van der Waals surface area (Å²) in [6.07, 6.45) is 1.97. The number of hydrogen-bond donors (Lipinski definition) is 3. The lowest BCUT2D eigenvalue weighted by Crippen LogP contribution is -2.43. The SMILES string of the molecule is O=C(COCc1ccccc1)N[C@@H](Cc1c[nH]c2ccccc12)C(=O)O. The lowest BCUT2D eigenvalue weighted by atomic mass is 10.1. The molecule has 0 aliphatic rings. The van der Waals surface area contributed by atoms with Gasteiger partial charge in [-0.3, -0.25) is 4.79 Å². The van der Waals surface area contributed by atoms with E-state index in [1.165, 1.54) is 0 Å². The summed E-state index contributed by atoms with van der Waals surface area (Å²) in [6.45, 7) is 0.112. The number of H-pyrrole nitrogens is 1. The first-order chi connectivity index (χ1) is 12.6. The number of carbonyl (C=O) groups is 2. The van der Waals surface area contributed by atoms with E-state index >= 15 is 0 Å². The molecule has 6 heteroatoms. The molecule has 134 valence electrons. The quantitative estimate of drug-likeness (QED) is 0.581. The van der Waals surface area contributed by atoms with Crippen molar-refractivity contribution >= 4 is 22.8 Å². The van der Waals surface area contributed by atoms with Crippen LogP contribution in [-0.2, 0) is 27.4 Å². The summed E-state index contributed by atoms with van der Waals surface area (Å²) in [6, 6.07) is 16.1. The number of fused-ring (bicyclic) bond motifs is 1. The maximum absolute atomic E-state index is 12.0. The molecule has 0 aliphatic carbocycles. The first-order valence-electron chi connectivity index (χ1n) is 8.32. The number of para-hydroxylation sites is 1. The third-order valence-electron chi connectivity index (χ3n) is 4.08. The van der Waals surface area contributed by atoms with Gasteiger partial charge >= 0.3 is 5.97 Å². The predicted octanol–water partition coefficient (Wildman–Crippen LogP) is 2.50. The van der Waals surface area contributed by atoms with Gasteiger partial charge in [0.1, 0.15) is 12.6 Å². The molecule has 0 fully saturated rings. The van der Waals surface area contributed by atoms with Gasteiger partial charge in [0.05, 0.1) is 6.61 Å². The van der Waals surface area contributed by atoms with Crippen molar-refractivity contribution in [2.45, 2.75) is 19.1 Å². The summed E-state index contributed by atoms with van der Waals surface area (Å²) in [5.74, 6) is -1.53. The average Bonchev–Trinajstić information content (AvgIpc) is 3.05. The number of benzene rings is 2. The normalized spacial score (nSPS) is 12.0. The highest BCUT2D eigenvalue weighted by molar-refractivity contribution is 5.87. The van der Waals surface area contributed by atoms with E-state index in [2.05, 4.69) is 10.3 Å². The van der Waals surface area contributed by atoms with Gasteiger partial charge in [-0.2, -0.15) is 0 Å². The molecule has 0 bridgehead atoms. The van der Waals surface area contributed by atoms with E-state index in [1.54, 1.807) is 6.20 Å². The highest BCUT2D eigenvalue weighted by Crippen LogP contribution is 2.19. The molecule has 3 aromatic rings. The minimum absolute atomic E-state index is 0.188. The summed E-state index contributed by atoms with van der Waals surface area (Å²) in [7, 11) is 0. The first kappa shape index (κ1) is 17.7. The summed E-state index contributed by atoms with van der Waals surface area (Å²) < 4.78 is 5.36. The second-order valence-electron chi connectivity index (χ2n) is 6.00. The number of aromatic amines is 1. The Balaban J connectivity index is 1.56. The predicted molar refractivity (Wildman–Crippen MR) is 97.7 cm³/mol. The van der Waals surface area contributed by atoms with Crippen molar-refractivity contribution in [2.24, 2.45) is 0 Å². The van der Waals surface area contributed by atoms with E-state index in [-0.39, 0.29) is 13.0 Å². The largest absolute Gasteiger partial charge is 0.480 e. The fourth-order valence-electron chi connectivity index (χ4n) is 2.79. The van der Waals surface area contributed by atoms with Gasteiger partial charge in [0.15, 0.2) is 0 Å². The van der Waals surface area contributed by atoms with Gasteiger partial charge in [0.25, 0.3) is 0 Å². The Hall–Kier alpha value is -3.12. The smallest absolute Gasteiger partial charge is 0.326 e. The first-order valence-corrected chi connectivity index (χ1v) is 8.32. The van der Waals surface area contributed by atoms with Gasteiger partial charge in [-0.1, -0.05) is 48.5 Å². The van der Waals surface area contributed by atoms with Crippen LogP contribution in [0, 0.1) is 0 Å². The number of aliphatic carboxylic acids is 1. The molecule has 1 aromatic heterocycles. The number of carboxylic acids is 1. The van der Waals surface area contributed by atoms with E-state index in [4.69, 9.17) is 4.74 Å². The number of aromatic nitrogens is 1. The van der Waals surface area contributed by atoms with E-state index in [0.29, 0.717) is 6.61 Å². The van der Waals surface area contributed by atoms with Gasteiger partial charge in [0.2, 0.25) is 5.91 Å². The second-order valence-corrected chi connectivity index (χ2v) is 6.00. The Labute approximate surface area is 150 Å². The third kappa shape index (κ3) is 4.49. The van der Waals surface area contributed by atoms with Crippen molar-refractivity contribution in [2.75, 3.05) is 6.61 Å². The van der Waals surface area contributed by atoms with Crippen molar-refractivity contribution < 1.29 is 19.4 Å². The van der Waals surface area contributed by atoms with Crippen LogP contribution in [0.15, 0.2) is 60.8 Å². The zero-order valence-corrected chi connectivity index (χ0v) is 14.1. The fourth-order valence-corrected chi connectivity index (χ4v) is 2.79.